The maximum absolute atomic E-state index is 11.6. The van der Waals surface area contributed by atoms with E-state index in [0.29, 0.717) is 6.61 Å². The van der Waals surface area contributed by atoms with Crippen LogP contribution in [0.15, 0.2) is 0 Å². The molecule has 11 heteroatoms. The van der Waals surface area contributed by atoms with Crippen molar-refractivity contribution in [3.63, 3.8) is 0 Å². The van der Waals surface area contributed by atoms with Gasteiger partial charge in [-0.3, -0.25) is 9.59 Å². The Kier molecular flexibility index (Phi) is 15.2. The lowest BCUT2D eigenvalue weighted by atomic mass is 9.97. The Morgan fingerprint density at radius 2 is 1.10 bits per heavy atom. The topological polar surface area (TPSA) is 150 Å². The highest BCUT2D eigenvalue weighted by molar-refractivity contribution is 5.66. The number of aliphatic hydroxyl groups excluding tert-OH is 3. The zero-order valence-electron chi connectivity index (χ0n) is 24.2. The van der Waals surface area contributed by atoms with E-state index in [0.717, 1.165) is 19.3 Å². The molecule has 0 aromatic rings. The smallest absolute Gasteiger partial charge is 0.303 e. The fraction of sp³-hybridized carbons (Fsp3) is 0.929. The fourth-order valence-corrected chi connectivity index (χ4v) is 5.04. The maximum atomic E-state index is 11.6. The zero-order valence-corrected chi connectivity index (χ0v) is 24.2. The number of hydrogen-bond donors (Lipinski definition) is 3. The summed E-state index contributed by atoms with van der Waals surface area (Å²) in [5.74, 6) is -1.23. The standard InChI is InChI=1S/C28H50O11/c1-6-7-8-9-10-11-12-13-14-15-16-34-28-26(23(33)25(18(3)36-28)38-20(5)30)39-27-22(32)21(31)24(17(2)35-27)37-19(4)29/h17-18,21-28,31-33H,6-16H2,1-5H3. The molecule has 2 heterocycles. The summed E-state index contributed by atoms with van der Waals surface area (Å²) in [6.07, 6.45) is 0.0711. The molecule has 2 saturated heterocycles. The van der Waals surface area contributed by atoms with Crippen molar-refractivity contribution in [3.8, 4) is 0 Å². The van der Waals surface area contributed by atoms with Crippen molar-refractivity contribution in [2.75, 3.05) is 6.61 Å². The number of aliphatic hydroxyl groups is 3. The molecule has 228 valence electrons. The SMILES string of the molecule is CCCCCCCCCCCCOC1OC(C)C(OC(C)=O)C(O)C1OC1OC(C)C(OC(C)=O)C(O)C1O. The summed E-state index contributed by atoms with van der Waals surface area (Å²) >= 11 is 0. The molecule has 0 amide bonds. The Morgan fingerprint density at radius 1 is 0.641 bits per heavy atom. The molecule has 2 aliphatic rings. The van der Waals surface area contributed by atoms with Crippen molar-refractivity contribution < 1.29 is 53.3 Å². The van der Waals surface area contributed by atoms with Crippen LogP contribution in [0.3, 0.4) is 0 Å². The van der Waals surface area contributed by atoms with Crippen molar-refractivity contribution in [2.24, 2.45) is 0 Å². The summed E-state index contributed by atoms with van der Waals surface area (Å²) in [4.78, 5) is 23.0. The van der Waals surface area contributed by atoms with E-state index in [4.69, 9.17) is 28.4 Å². The molecule has 0 aliphatic carbocycles. The molecule has 0 aromatic carbocycles. The molecule has 2 aliphatic heterocycles. The summed E-state index contributed by atoms with van der Waals surface area (Å²) < 4.78 is 33.8. The van der Waals surface area contributed by atoms with Crippen molar-refractivity contribution in [3.05, 3.63) is 0 Å². The summed E-state index contributed by atoms with van der Waals surface area (Å²) in [6.45, 7) is 8.22. The number of carbonyl (C=O) groups is 2. The number of hydrogen-bond acceptors (Lipinski definition) is 11. The molecular weight excluding hydrogens is 512 g/mol. The molecule has 0 bridgehead atoms. The average Bonchev–Trinajstić information content (AvgIpc) is 2.87. The third kappa shape index (κ3) is 10.9. The summed E-state index contributed by atoms with van der Waals surface area (Å²) in [7, 11) is 0. The lowest BCUT2D eigenvalue weighted by Gasteiger charge is -2.46. The van der Waals surface area contributed by atoms with E-state index in [2.05, 4.69) is 6.92 Å². The second kappa shape index (κ2) is 17.5. The first-order chi connectivity index (χ1) is 18.6. The normalized spacial score (nSPS) is 35.0. The number of carbonyl (C=O) groups excluding carboxylic acids is 2. The first-order valence-electron chi connectivity index (χ1n) is 14.5. The van der Waals surface area contributed by atoms with Crippen LogP contribution in [0.5, 0.6) is 0 Å². The van der Waals surface area contributed by atoms with Crippen molar-refractivity contribution >= 4 is 11.9 Å². The second-order valence-corrected chi connectivity index (χ2v) is 10.7. The number of esters is 2. The number of unbranched alkanes of at least 4 members (excludes halogenated alkanes) is 9. The molecule has 0 saturated carbocycles. The van der Waals surface area contributed by atoms with E-state index in [1.807, 2.05) is 0 Å². The Bertz CT molecular complexity index is 720. The van der Waals surface area contributed by atoms with Crippen LogP contribution in [-0.2, 0) is 38.0 Å². The van der Waals surface area contributed by atoms with Crippen LogP contribution < -0.4 is 0 Å². The maximum Gasteiger partial charge on any atom is 0.303 e. The van der Waals surface area contributed by atoms with Crippen LogP contribution >= 0.6 is 0 Å². The molecule has 3 N–H and O–H groups in total. The van der Waals surface area contributed by atoms with Crippen molar-refractivity contribution in [1.29, 1.82) is 0 Å². The highest BCUT2D eigenvalue weighted by Crippen LogP contribution is 2.31. The van der Waals surface area contributed by atoms with Gasteiger partial charge in [0, 0.05) is 20.5 Å². The van der Waals surface area contributed by atoms with Gasteiger partial charge in [0.25, 0.3) is 0 Å². The van der Waals surface area contributed by atoms with Gasteiger partial charge in [0.05, 0.1) is 12.2 Å². The number of rotatable bonds is 16. The van der Waals surface area contributed by atoms with Crippen LogP contribution in [0.1, 0.15) is 98.8 Å². The first-order valence-corrected chi connectivity index (χ1v) is 14.5. The van der Waals surface area contributed by atoms with E-state index >= 15 is 0 Å². The molecule has 10 atom stereocenters. The molecule has 0 spiro atoms. The molecular formula is C28H50O11. The molecule has 39 heavy (non-hydrogen) atoms. The summed E-state index contributed by atoms with van der Waals surface area (Å²) in [5.41, 5.74) is 0. The van der Waals surface area contributed by atoms with Gasteiger partial charge < -0.3 is 43.7 Å². The summed E-state index contributed by atoms with van der Waals surface area (Å²) in [5, 5.41) is 32.3. The minimum Gasteiger partial charge on any atom is -0.457 e. The van der Waals surface area contributed by atoms with Gasteiger partial charge in [0.2, 0.25) is 0 Å². The van der Waals surface area contributed by atoms with Crippen molar-refractivity contribution in [1.82, 2.24) is 0 Å². The van der Waals surface area contributed by atoms with Crippen LogP contribution in [0, 0.1) is 0 Å². The number of ether oxygens (including phenoxy) is 6. The minimum absolute atomic E-state index is 0.361. The lowest BCUT2D eigenvalue weighted by Crippen LogP contribution is -2.64. The van der Waals surface area contributed by atoms with Gasteiger partial charge in [-0.05, 0) is 20.3 Å². The first kappa shape index (κ1) is 33.9. The monoisotopic (exact) mass is 562 g/mol. The predicted octanol–water partition coefficient (Wildman–Crippen LogP) is 2.74. The van der Waals surface area contributed by atoms with Crippen LogP contribution in [0.2, 0.25) is 0 Å². The van der Waals surface area contributed by atoms with Gasteiger partial charge in [-0.1, -0.05) is 64.7 Å². The van der Waals surface area contributed by atoms with E-state index in [9.17, 15) is 24.9 Å². The highest BCUT2D eigenvalue weighted by Gasteiger charge is 2.51. The third-order valence-electron chi connectivity index (χ3n) is 7.21. The largest absolute Gasteiger partial charge is 0.457 e. The lowest BCUT2D eigenvalue weighted by molar-refractivity contribution is -0.362. The van der Waals surface area contributed by atoms with E-state index < -0.39 is 73.4 Å². The van der Waals surface area contributed by atoms with E-state index in [-0.39, 0.29) is 0 Å². The van der Waals surface area contributed by atoms with Gasteiger partial charge in [0.15, 0.2) is 24.8 Å². The molecule has 2 fully saturated rings. The van der Waals surface area contributed by atoms with E-state index in [1.165, 1.54) is 58.8 Å². The van der Waals surface area contributed by atoms with Gasteiger partial charge in [-0.2, -0.15) is 0 Å². The fourth-order valence-electron chi connectivity index (χ4n) is 5.04. The van der Waals surface area contributed by atoms with Gasteiger partial charge in [-0.25, -0.2) is 0 Å². The molecule has 0 radical (unpaired) electrons. The van der Waals surface area contributed by atoms with Crippen LogP contribution in [0.25, 0.3) is 0 Å². The average molecular weight is 563 g/mol. The van der Waals surface area contributed by atoms with Crippen molar-refractivity contribution in [2.45, 2.75) is 160 Å². The predicted molar refractivity (Wildman–Crippen MR) is 140 cm³/mol. The molecule has 2 rings (SSSR count). The summed E-state index contributed by atoms with van der Waals surface area (Å²) in [6, 6.07) is 0. The minimum atomic E-state index is -1.59. The molecule has 11 nitrogen and oxygen atoms in total. The Hall–Kier alpha value is -1.34. The van der Waals surface area contributed by atoms with Gasteiger partial charge >= 0.3 is 11.9 Å². The van der Waals surface area contributed by atoms with Gasteiger partial charge in [-0.15, -0.1) is 0 Å². The Morgan fingerprint density at radius 3 is 1.62 bits per heavy atom. The van der Waals surface area contributed by atoms with Gasteiger partial charge in [0.1, 0.15) is 24.4 Å². The van der Waals surface area contributed by atoms with E-state index in [1.54, 1.807) is 13.8 Å². The highest BCUT2D eigenvalue weighted by atomic mass is 16.8. The molecule has 10 unspecified atom stereocenters. The second-order valence-electron chi connectivity index (χ2n) is 10.7. The Balaban J connectivity index is 1.94. The molecule has 0 aromatic heterocycles. The quantitative estimate of drug-likeness (QED) is 0.188. The third-order valence-corrected chi connectivity index (χ3v) is 7.21. The van der Waals surface area contributed by atoms with Crippen LogP contribution in [-0.4, -0.2) is 95.3 Å². The van der Waals surface area contributed by atoms with Crippen LogP contribution in [0.4, 0.5) is 0 Å². The Labute approximate surface area is 232 Å². The zero-order chi connectivity index (χ0) is 28.9.